The summed E-state index contributed by atoms with van der Waals surface area (Å²) < 4.78 is 0. The second kappa shape index (κ2) is 4.23. The first-order valence-corrected chi connectivity index (χ1v) is 6.73. The Balaban J connectivity index is 1.96. The van der Waals surface area contributed by atoms with Crippen molar-refractivity contribution in [3.05, 3.63) is 23.2 Å². The molecule has 4 nitrogen and oxygen atoms in total. The van der Waals surface area contributed by atoms with E-state index in [-0.39, 0.29) is 34.4 Å². The number of benzene rings is 1. The third-order valence-corrected chi connectivity index (χ3v) is 4.38. The van der Waals surface area contributed by atoms with Crippen LogP contribution >= 0.6 is 11.6 Å². The lowest BCUT2D eigenvalue weighted by Crippen LogP contribution is -2.32. The molecule has 2 atom stereocenters. The van der Waals surface area contributed by atoms with Crippen molar-refractivity contribution in [2.24, 2.45) is 17.8 Å². The van der Waals surface area contributed by atoms with E-state index in [0.29, 0.717) is 11.6 Å². The summed E-state index contributed by atoms with van der Waals surface area (Å²) in [5.74, 6) is -0.392. The molecule has 0 radical (unpaired) electrons. The van der Waals surface area contributed by atoms with E-state index in [1.807, 2.05) is 0 Å². The van der Waals surface area contributed by atoms with Gasteiger partial charge >= 0.3 is 0 Å². The van der Waals surface area contributed by atoms with Gasteiger partial charge in [-0.3, -0.25) is 9.59 Å². The van der Waals surface area contributed by atoms with E-state index in [1.165, 1.54) is 17.0 Å². The van der Waals surface area contributed by atoms with Crippen LogP contribution in [0.1, 0.15) is 19.8 Å². The van der Waals surface area contributed by atoms with Crippen LogP contribution in [0.4, 0.5) is 5.69 Å². The highest BCUT2D eigenvalue weighted by Gasteiger charge is 2.52. The van der Waals surface area contributed by atoms with Gasteiger partial charge in [0.2, 0.25) is 11.8 Å². The van der Waals surface area contributed by atoms with Crippen molar-refractivity contribution in [3.63, 3.8) is 0 Å². The molecule has 0 spiro atoms. The summed E-state index contributed by atoms with van der Waals surface area (Å²) in [6.07, 6.45) is 1.54. The molecule has 1 aromatic carbocycles. The van der Waals surface area contributed by atoms with Crippen LogP contribution in [0.2, 0.25) is 5.02 Å². The van der Waals surface area contributed by atoms with Crippen LogP contribution in [0, 0.1) is 17.8 Å². The number of rotatable bonds is 1. The summed E-state index contributed by atoms with van der Waals surface area (Å²) in [7, 11) is 0. The number of halogens is 1. The fourth-order valence-electron chi connectivity index (χ4n) is 3.17. The highest BCUT2D eigenvalue weighted by Crippen LogP contribution is 2.44. The smallest absolute Gasteiger partial charge is 0.237 e. The zero-order chi connectivity index (χ0) is 13.7. The predicted molar refractivity (Wildman–Crippen MR) is 71.0 cm³/mol. The summed E-state index contributed by atoms with van der Waals surface area (Å²) in [6.45, 7) is 2.07. The topological polar surface area (TPSA) is 57.6 Å². The van der Waals surface area contributed by atoms with E-state index in [1.54, 1.807) is 6.07 Å². The summed E-state index contributed by atoms with van der Waals surface area (Å²) in [5, 5.41) is 9.80. The third kappa shape index (κ3) is 1.82. The summed E-state index contributed by atoms with van der Waals surface area (Å²) >= 11 is 5.74. The Labute approximate surface area is 116 Å². The van der Waals surface area contributed by atoms with Crippen LogP contribution < -0.4 is 4.90 Å². The van der Waals surface area contributed by atoms with Gasteiger partial charge in [-0.15, -0.1) is 0 Å². The fourth-order valence-corrected chi connectivity index (χ4v) is 3.29. The molecule has 1 aromatic rings. The molecule has 2 unspecified atom stereocenters. The van der Waals surface area contributed by atoms with Crippen LogP contribution in [-0.2, 0) is 9.59 Å². The van der Waals surface area contributed by atoms with Crippen LogP contribution in [0.5, 0.6) is 5.75 Å². The first kappa shape index (κ1) is 12.5. The lowest BCUT2D eigenvalue weighted by molar-refractivity contribution is -0.123. The molecule has 1 saturated carbocycles. The molecule has 1 aliphatic heterocycles. The zero-order valence-electron chi connectivity index (χ0n) is 10.5. The monoisotopic (exact) mass is 279 g/mol. The van der Waals surface area contributed by atoms with Gasteiger partial charge in [-0.25, -0.2) is 4.90 Å². The molecule has 5 heteroatoms. The van der Waals surface area contributed by atoms with Gasteiger partial charge < -0.3 is 5.11 Å². The lowest BCUT2D eigenvalue weighted by Gasteiger charge is -2.17. The lowest BCUT2D eigenvalue weighted by atomic mass is 10.00. The third-order valence-electron chi connectivity index (χ3n) is 4.06. The molecule has 19 heavy (non-hydrogen) atoms. The highest BCUT2D eigenvalue weighted by atomic mass is 35.5. The average Bonchev–Trinajstić information content (AvgIpc) is 2.84. The van der Waals surface area contributed by atoms with Gasteiger partial charge in [0.1, 0.15) is 5.75 Å². The van der Waals surface area contributed by atoms with Crippen molar-refractivity contribution >= 4 is 29.1 Å². The van der Waals surface area contributed by atoms with Crippen molar-refractivity contribution in [1.29, 1.82) is 0 Å². The van der Waals surface area contributed by atoms with Gasteiger partial charge in [0, 0.05) is 6.07 Å². The Hall–Kier alpha value is -1.55. The maximum Gasteiger partial charge on any atom is 0.237 e. The molecule has 100 valence electrons. The number of imide groups is 1. The first-order chi connectivity index (χ1) is 8.99. The number of aromatic hydroxyl groups is 1. The van der Waals surface area contributed by atoms with Gasteiger partial charge in [0.05, 0.1) is 22.5 Å². The van der Waals surface area contributed by atoms with E-state index >= 15 is 0 Å². The fraction of sp³-hybridized carbons (Fsp3) is 0.429. The molecule has 2 aliphatic rings. The van der Waals surface area contributed by atoms with E-state index in [0.717, 1.165) is 12.8 Å². The van der Waals surface area contributed by atoms with Crippen LogP contribution in [-0.4, -0.2) is 16.9 Å². The number of hydrogen-bond donors (Lipinski definition) is 1. The van der Waals surface area contributed by atoms with E-state index in [4.69, 9.17) is 11.6 Å². The number of anilines is 1. The minimum Gasteiger partial charge on any atom is -0.506 e. The summed E-state index contributed by atoms with van der Waals surface area (Å²) in [6, 6.07) is 4.44. The number of nitrogens with zero attached hydrogens (tertiary/aromatic N) is 1. The molecular formula is C14H14ClNO3. The summed E-state index contributed by atoms with van der Waals surface area (Å²) in [4.78, 5) is 25.9. The molecule has 2 amide bonds. The van der Waals surface area contributed by atoms with E-state index in [9.17, 15) is 14.7 Å². The summed E-state index contributed by atoms with van der Waals surface area (Å²) in [5.41, 5.74) is 0.402. The quantitative estimate of drug-likeness (QED) is 0.804. The standard InChI is InChI=1S/C14H14ClNO3/c1-7-4-9-10(5-7)14(19)16(13(9)18)8-2-3-11(15)12(17)6-8/h2-3,6-7,9-10,17H,4-5H2,1H3. The molecule has 0 aromatic heterocycles. The highest BCUT2D eigenvalue weighted by molar-refractivity contribution is 6.32. The second-order valence-corrected chi connectivity index (χ2v) is 5.84. The first-order valence-electron chi connectivity index (χ1n) is 6.35. The van der Waals surface area contributed by atoms with Crippen molar-refractivity contribution in [1.82, 2.24) is 0 Å². The van der Waals surface area contributed by atoms with Gasteiger partial charge in [-0.05, 0) is 30.9 Å². The molecule has 1 heterocycles. The zero-order valence-corrected chi connectivity index (χ0v) is 11.2. The number of carbonyl (C=O) groups excluding carboxylic acids is 2. The second-order valence-electron chi connectivity index (χ2n) is 5.44. The number of amides is 2. The predicted octanol–water partition coefficient (Wildman–Crippen LogP) is 2.58. The van der Waals surface area contributed by atoms with Gasteiger partial charge in [-0.2, -0.15) is 0 Å². The Morgan fingerprint density at radius 1 is 1.21 bits per heavy atom. The SMILES string of the molecule is CC1CC2C(=O)N(c3ccc(Cl)c(O)c3)C(=O)C2C1. The van der Waals surface area contributed by atoms with Crippen LogP contribution in [0.3, 0.4) is 0 Å². The van der Waals surface area contributed by atoms with Crippen molar-refractivity contribution < 1.29 is 14.7 Å². The minimum atomic E-state index is -0.194. The maximum absolute atomic E-state index is 12.3. The van der Waals surface area contributed by atoms with Gasteiger partial charge in [0.25, 0.3) is 0 Å². The van der Waals surface area contributed by atoms with Crippen molar-refractivity contribution in [2.45, 2.75) is 19.8 Å². The van der Waals surface area contributed by atoms with E-state index < -0.39 is 0 Å². The number of fused-ring (bicyclic) bond motifs is 1. The Morgan fingerprint density at radius 3 is 2.32 bits per heavy atom. The maximum atomic E-state index is 12.3. The van der Waals surface area contributed by atoms with Crippen molar-refractivity contribution in [3.8, 4) is 5.75 Å². The Morgan fingerprint density at radius 2 is 1.79 bits per heavy atom. The number of phenols is 1. The van der Waals surface area contributed by atoms with Crippen molar-refractivity contribution in [2.75, 3.05) is 4.90 Å². The minimum absolute atomic E-state index is 0.120. The van der Waals surface area contributed by atoms with E-state index in [2.05, 4.69) is 6.92 Å². The van der Waals surface area contributed by atoms with Crippen LogP contribution in [0.25, 0.3) is 0 Å². The molecule has 3 rings (SSSR count). The van der Waals surface area contributed by atoms with Crippen LogP contribution in [0.15, 0.2) is 18.2 Å². The average molecular weight is 280 g/mol. The normalized spacial score (nSPS) is 30.0. The largest absolute Gasteiger partial charge is 0.506 e. The molecule has 1 saturated heterocycles. The number of hydrogen-bond acceptors (Lipinski definition) is 3. The molecule has 0 bridgehead atoms. The molecule has 1 N–H and O–H groups in total. The van der Waals surface area contributed by atoms with Gasteiger partial charge in [-0.1, -0.05) is 18.5 Å². The molecule has 2 fully saturated rings. The molecule has 1 aliphatic carbocycles. The number of phenolic OH excluding ortho intramolecular Hbond substituents is 1. The molecular weight excluding hydrogens is 266 g/mol. The Kier molecular flexibility index (Phi) is 2.78. The Bertz CT molecular complexity index is 548. The number of carbonyl (C=O) groups is 2. The van der Waals surface area contributed by atoms with Gasteiger partial charge in [0.15, 0.2) is 0 Å².